The van der Waals surface area contributed by atoms with E-state index in [1.807, 2.05) is 42.6 Å². The molecule has 269 valence electrons. The summed E-state index contributed by atoms with van der Waals surface area (Å²) < 4.78 is 8.65. The van der Waals surface area contributed by atoms with Gasteiger partial charge < -0.3 is 14.0 Å². The SMILES string of the molecule is Cc1c[c-]c(-c2ccc([Si](C)(C)C)cn2)cc1.Cc1cc(-c2ccccc2)cc(C)c1-n1c(-c2[c-]ccc3c2oc2ccccc23)nc2ccccc21.[Ir]. The van der Waals surface area contributed by atoms with E-state index in [1.54, 1.807) is 0 Å². The van der Waals surface area contributed by atoms with Crippen molar-refractivity contribution in [2.45, 2.75) is 40.4 Å². The molecular weight excluding hydrogens is 855 g/mol. The van der Waals surface area contributed by atoms with Crippen molar-refractivity contribution >= 4 is 46.2 Å². The number of rotatable bonds is 5. The average molecular weight is 896 g/mol. The maximum Gasteiger partial charge on any atom is 0.120 e. The van der Waals surface area contributed by atoms with E-state index >= 15 is 0 Å². The zero-order valence-corrected chi connectivity index (χ0v) is 34.8. The average Bonchev–Trinajstić information content (AvgIpc) is 3.74. The summed E-state index contributed by atoms with van der Waals surface area (Å²) in [4.78, 5) is 9.66. The van der Waals surface area contributed by atoms with E-state index in [1.165, 1.54) is 33.0 Å². The van der Waals surface area contributed by atoms with Crippen LogP contribution in [0.25, 0.3) is 72.4 Å². The summed E-state index contributed by atoms with van der Waals surface area (Å²) in [6.07, 6.45) is 2.02. The second-order valence-corrected chi connectivity index (χ2v) is 19.8. The van der Waals surface area contributed by atoms with Crippen LogP contribution in [-0.4, -0.2) is 22.6 Å². The number of hydrogen-bond acceptors (Lipinski definition) is 3. The Balaban J connectivity index is 0.000000211. The van der Waals surface area contributed by atoms with Gasteiger partial charge in [0.05, 0.1) is 30.5 Å². The third-order valence-electron chi connectivity index (χ3n) is 9.82. The van der Waals surface area contributed by atoms with E-state index in [4.69, 9.17) is 9.40 Å². The maximum absolute atomic E-state index is 6.38. The Morgan fingerprint density at radius 2 is 1.41 bits per heavy atom. The van der Waals surface area contributed by atoms with Crippen LogP contribution in [0.1, 0.15) is 16.7 Å². The Hall–Kier alpha value is -5.39. The number of imidazole rings is 1. The number of fused-ring (bicyclic) bond motifs is 4. The van der Waals surface area contributed by atoms with Crippen molar-refractivity contribution in [1.29, 1.82) is 0 Å². The Bertz CT molecular complexity index is 2700. The van der Waals surface area contributed by atoms with Gasteiger partial charge in [-0.25, -0.2) is 0 Å². The molecule has 0 fully saturated rings. The summed E-state index contributed by atoms with van der Waals surface area (Å²) in [5, 5.41) is 3.57. The molecule has 0 aliphatic rings. The molecule has 0 bridgehead atoms. The summed E-state index contributed by atoms with van der Waals surface area (Å²) in [5.41, 5.74) is 13.8. The molecule has 0 atom stereocenters. The van der Waals surface area contributed by atoms with Gasteiger partial charge in [-0.15, -0.1) is 53.6 Å². The van der Waals surface area contributed by atoms with Crippen LogP contribution in [0.15, 0.2) is 144 Å². The van der Waals surface area contributed by atoms with E-state index in [0.29, 0.717) is 0 Å². The maximum atomic E-state index is 6.38. The molecule has 3 heterocycles. The summed E-state index contributed by atoms with van der Waals surface area (Å²) in [6.45, 7) is 13.4. The summed E-state index contributed by atoms with van der Waals surface area (Å²) in [5.74, 6) is 0.833. The van der Waals surface area contributed by atoms with Crippen LogP contribution < -0.4 is 5.19 Å². The fourth-order valence-electron chi connectivity index (χ4n) is 7.04. The van der Waals surface area contributed by atoms with Crippen molar-refractivity contribution in [3.8, 4) is 39.5 Å². The first-order valence-electron chi connectivity index (χ1n) is 18.1. The molecule has 3 aromatic heterocycles. The van der Waals surface area contributed by atoms with E-state index in [0.717, 1.165) is 61.3 Å². The van der Waals surface area contributed by atoms with Gasteiger partial charge in [0.1, 0.15) is 5.58 Å². The van der Waals surface area contributed by atoms with Crippen molar-refractivity contribution in [3.05, 3.63) is 168 Å². The molecule has 0 aliphatic carbocycles. The summed E-state index contributed by atoms with van der Waals surface area (Å²) >= 11 is 0. The third kappa shape index (κ3) is 7.13. The number of benzene rings is 6. The zero-order chi connectivity index (χ0) is 36.7. The molecular formula is C48H41IrN3OSi-2. The number of hydrogen-bond donors (Lipinski definition) is 0. The van der Waals surface area contributed by atoms with Gasteiger partial charge in [0.2, 0.25) is 0 Å². The van der Waals surface area contributed by atoms with Gasteiger partial charge in [0.25, 0.3) is 0 Å². The first-order valence-corrected chi connectivity index (χ1v) is 21.6. The number of pyridine rings is 1. The van der Waals surface area contributed by atoms with Gasteiger partial charge in [-0.3, -0.25) is 4.98 Å². The van der Waals surface area contributed by atoms with Crippen LogP contribution in [0.5, 0.6) is 0 Å². The van der Waals surface area contributed by atoms with Crippen LogP contribution in [-0.2, 0) is 20.1 Å². The normalized spacial score (nSPS) is 11.4. The van der Waals surface area contributed by atoms with E-state index in [2.05, 4.69) is 159 Å². The molecule has 0 saturated heterocycles. The monoisotopic (exact) mass is 896 g/mol. The van der Waals surface area contributed by atoms with Crippen molar-refractivity contribution in [2.24, 2.45) is 0 Å². The second-order valence-electron chi connectivity index (χ2n) is 14.7. The van der Waals surface area contributed by atoms with Crippen molar-refractivity contribution in [1.82, 2.24) is 14.5 Å². The van der Waals surface area contributed by atoms with Crippen LogP contribution in [0.3, 0.4) is 0 Å². The molecule has 1 radical (unpaired) electrons. The molecule has 0 N–H and O–H groups in total. The fourth-order valence-corrected chi connectivity index (χ4v) is 8.08. The molecule has 9 aromatic rings. The second kappa shape index (κ2) is 15.2. The number of furan rings is 1. The molecule has 4 nitrogen and oxygen atoms in total. The summed E-state index contributed by atoms with van der Waals surface area (Å²) in [6, 6.07) is 52.8. The molecule has 6 heteroatoms. The van der Waals surface area contributed by atoms with Crippen LogP contribution in [0, 0.1) is 32.9 Å². The Morgan fingerprint density at radius 1 is 0.685 bits per heavy atom. The minimum atomic E-state index is -1.24. The predicted molar refractivity (Wildman–Crippen MR) is 224 cm³/mol. The van der Waals surface area contributed by atoms with Gasteiger partial charge in [-0.2, -0.15) is 0 Å². The summed E-state index contributed by atoms with van der Waals surface area (Å²) in [7, 11) is -1.24. The van der Waals surface area contributed by atoms with Crippen molar-refractivity contribution in [3.63, 3.8) is 0 Å². The first kappa shape index (κ1) is 36.9. The molecule has 0 amide bonds. The zero-order valence-electron chi connectivity index (χ0n) is 31.4. The Kier molecular flexibility index (Phi) is 10.4. The van der Waals surface area contributed by atoms with E-state index < -0.39 is 8.07 Å². The van der Waals surface area contributed by atoms with Crippen molar-refractivity contribution in [2.75, 3.05) is 0 Å². The largest absolute Gasteiger partial charge is 0.501 e. The molecule has 0 saturated carbocycles. The first-order chi connectivity index (χ1) is 25.7. The van der Waals surface area contributed by atoms with Gasteiger partial charge in [0, 0.05) is 37.4 Å². The third-order valence-corrected chi connectivity index (χ3v) is 11.8. The van der Waals surface area contributed by atoms with E-state index in [9.17, 15) is 0 Å². The molecule has 0 unspecified atom stereocenters. The van der Waals surface area contributed by atoms with Gasteiger partial charge >= 0.3 is 0 Å². The smallest absolute Gasteiger partial charge is 0.120 e. The van der Waals surface area contributed by atoms with E-state index in [-0.39, 0.29) is 20.1 Å². The number of nitrogens with zero attached hydrogens (tertiary/aromatic N) is 3. The number of para-hydroxylation sites is 3. The van der Waals surface area contributed by atoms with Crippen LogP contribution in [0.4, 0.5) is 0 Å². The molecule has 6 aromatic carbocycles. The Labute approximate surface area is 331 Å². The van der Waals surface area contributed by atoms with Crippen molar-refractivity contribution < 1.29 is 24.5 Å². The number of aromatic nitrogens is 3. The van der Waals surface area contributed by atoms with Gasteiger partial charge in [-0.05, 0) is 77.3 Å². The quantitative estimate of drug-likeness (QED) is 0.128. The standard InChI is InChI=1S/C33H23N2O.C15H18NSi.Ir/c1-21-19-24(23-11-4-3-5-12-23)20-22(2)31(21)35-29-17-8-7-16-28(29)34-33(35)27-15-10-14-26-25-13-6-9-18-30(25)36-32(26)27;1-12-5-7-13(8-6-12)15-10-9-14(11-16-15)17(2,3)4;/h3-14,16-20H,1-2H3;5-7,9-11H,1-4H3;/q2*-1;. The fraction of sp³-hybridized carbons (Fsp3) is 0.125. The predicted octanol–water partition coefficient (Wildman–Crippen LogP) is 12.1. The van der Waals surface area contributed by atoms with Gasteiger partial charge in [-0.1, -0.05) is 110 Å². The van der Waals surface area contributed by atoms with Gasteiger partial charge in [0.15, 0.2) is 0 Å². The molecule has 0 aliphatic heterocycles. The van der Waals surface area contributed by atoms with Crippen LogP contribution in [0.2, 0.25) is 19.6 Å². The topological polar surface area (TPSA) is 43.9 Å². The molecule has 54 heavy (non-hydrogen) atoms. The Morgan fingerprint density at radius 3 is 2.11 bits per heavy atom. The van der Waals surface area contributed by atoms with Crippen LogP contribution >= 0.6 is 0 Å². The minimum absolute atomic E-state index is 0. The molecule has 0 spiro atoms. The minimum Gasteiger partial charge on any atom is -0.501 e. The molecule has 9 rings (SSSR count). The number of aryl methyl sites for hydroxylation is 3.